The van der Waals surface area contributed by atoms with Gasteiger partial charge >= 0.3 is 0 Å². The predicted molar refractivity (Wildman–Crippen MR) is 56.5 cm³/mol. The average molecular weight is 199 g/mol. The maximum atomic E-state index is 5.46. The largest absolute Gasteiger partial charge is 0.271 e. The van der Waals surface area contributed by atoms with Gasteiger partial charge in [0.1, 0.15) is 0 Å². The second-order valence-corrected chi connectivity index (χ2v) is 4.15. The summed E-state index contributed by atoms with van der Waals surface area (Å²) in [7, 11) is 0. The molecule has 1 unspecified atom stereocenters. The number of thiazole rings is 1. The van der Waals surface area contributed by atoms with Crippen molar-refractivity contribution in [2.24, 2.45) is 5.84 Å². The van der Waals surface area contributed by atoms with Crippen LogP contribution in [0, 0.1) is 0 Å². The van der Waals surface area contributed by atoms with Gasteiger partial charge < -0.3 is 0 Å². The van der Waals surface area contributed by atoms with Gasteiger partial charge in [0.2, 0.25) is 0 Å². The van der Waals surface area contributed by atoms with E-state index < -0.39 is 0 Å². The molecular weight excluding hydrogens is 182 g/mol. The van der Waals surface area contributed by atoms with Gasteiger partial charge in [-0.15, -0.1) is 11.3 Å². The van der Waals surface area contributed by atoms with E-state index in [1.807, 2.05) is 11.7 Å². The van der Waals surface area contributed by atoms with Crippen molar-refractivity contribution in [3.63, 3.8) is 0 Å². The molecule has 0 aliphatic heterocycles. The van der Waals surface area contributed by atoms with Crippen LogP contribution < -0.4 is 11.3 Å². The van der Waals surface area contributed by atoms with Crippen LogP contribution in [0.2, 0.25) is 0 Å². The molecule has 1 atom stereocenters. The van der Waals surface area contributed by atoms with Crippen molar-refractivity contribution in [3.05, 3.63) is 16.6 Å². The molecule has 1 heterocycles. The predicted octanol–water partition coefficient (Wildman–Crippen LogP) is 1.71. The Bertz CT molecular complexity index is 211. The zero-order chi connectivity index (χ0) is 9.52. The highest BCUT2D eigenvalue weighted by Crippen LogP contribution is 2.11. The third-order valence-corrected chi connectivity index (χ3v) is 2.87. The van der Waals surface area contributed by atoms with Gasteiger partial charge in [0.15, 0.2) is 0 Å². The number of rotatable bonds is 6. The Kier molecular flexibility index (Phi) is 4.97. The van der Waals surface area contributed by atoms with E-state index in [9.17, 15) is 0 Å². The number of hydrazine groups is 1. The quantitative estimate of drug-likeness (QED) is 0.541. The lowest BCUT2D eigenvalue weighted by Gasteiger charge is -2.13. The Labute approximate surface area is 83.3 Å². The standard InChI is InChI=1S/C9H17N3S/c1-2-3-4-8(12-10)5-9-6-11-7-13-9/h6-8,12H,2-5,10H2,1H3. The van der Waals surface area contributed by atoms with Crippen LogP contribution in [0.5, 0.6) is 0 Å². The van der Waals surface area contributed by atoms with Crippen LogP contribution in [-0.4, -0.2) is 11.0 Å². The van der Waals surface area contributed by atoms with Gasteiger partial charge in [-0.1, -0.05) is 19.8 Å². The molecule has 1 aromatic rings. The van der Waals surface area contributed by atoms with Crippen molar-refractivity contribution in [3.8, 4) is 0 Å². The van der Waals surface area contributed by atoms with E-state index in [2.05, 4.69) is 17.3 Å². The topological polar surface area (TPSA) is 50.9 Å². The Balaban J connectivity index is 2.31. The molecule has 1 rings (SSSR count). The van der Waals surface area contributed by atoms with E-state index in [0.717, 1.165) is 12.8 Å². The molecule has 0 aromatic carbocycles. The molecule has 0 saturated carbocycles. The molecule has 1 aromatic heterocycles. The number of nitrogens with zero attached hydrogens (tertiary/aromatic N) is 1. The van der Waals surface area contributed by atoms with Crippen LogP contribution in [0.25, 0.3) is 0 Å². The second kappa shape index (κ2) is 6.07. The molecule has 74 valence electrons. The lowest BCUT2D eigenvalue weighted by Crippen LogP contribution is -2.36. The van der Waals surface area contributed by atoms with Gasteiger partial charge in [-0.3, -0.25) is 16.3 Å². The van der Waals surface area contributed by atoms with Crippen LogP contribution in [0.15, 0.2) is 11.7 Å². The van der Waals surface area contributed by atoms with E-state index in [1.54, 1.807) is 11.3 Å². The Morgan fingerprint density at radius 2 is 2.54 bits per heavy atom. The molecule has 0 fully saturated rings. The summed E-state index contributed by atoms with van der Waals surface area (Å²) >= 11 is 1.69. The van der Waals surface area contributed by atoms with Gasteiger partial charge in [0.05, 0.1) is 5.51 Å². The lowest BCUT2D eigenvalue weighted by atomic mass is 10.1. The van der Waals surface area contributed by atoms with Crippen molar-refractivity contribution in [1.82, 2.24) is 10.4 Å². The second-order valence-electron chi connectivity index (χ2n) is 3.18. The first kappa shape index (κ1) is 10.6. The molecule has 0 saturated heterocycles. The molecule has 3 N–H and O–H groups in total. The number of nitrogens with two attached hydrogens (primary N) is 1. The normalized spacial score (nSPS) is 13.1. The van der Waals surface area contributed by atoms with Crippen LogP contribution in [0.1, 0.15) is 31.1 Å². The first-order valence-corrected chi connectivity index (χ1v) is 5.58. The summed E-state index contributed by atoms with van der Waals surface area (Å²) in [4.78, 5) is 5.34. The summed E-state index contributed by atoms with van der Waals surface area (Å²) in [5.41, 5.74) is 4.72. The van der Waals surface area contributed by atoms with E-state index >= 15 is 0 Å². The lowest BCUT2D eigenvalue weighted by molar-refractivity contribution is 0.476. The first-order valence-electron chi connectivity index (χ1n) is 4.70. The van der Waals surface area contributed by atoms with Crippen molar-refractivity contribution in [2.45, 2.75) is 38.6 Å². The first-order chi connectivity index (χ1) is 6.36. The van der Waals surface area contributed by atoms with E-state index in [0.29, 0.717) is 6.04 Å². The van der Waals surface area contributed by atoms with Crippen LogP contribution in [-0.2, 0) is 6.42 Å². The minimum Gasteiger partial charge on any atom is -0.271 e. The number of aromatic nitrogens is 1. The van der Waals surface area contributed by atoms with E-state index in [4.69, 9.17) is 5.84 Å². The average Bonchev–Trinajstić information content (AvgIpc) is 2.64. The summed E-state index contributed by atoms with van der Waals surface area (Å²) in [6.07, 6.45) is 6.52. The van der Waals surface area contributed by atoms with Crippen molar-refractivity contribution in [2.75, 3.05) is 0 Å². The summed E-state index contributed by atoms with van der Waals surface area (Å²) in [5.74, 6) is 5.46. The zero-order valence-corrected chi connectivity index (χ0v) is 8.81. The molecule has 0 aliphatic rings. The number of nitrogens with one attached hydrogen (secondary N) is 1. The van der Waals surface area contributed by atoms with Gasteiger partial charge in [-0.25, -0.2) is 0 Å². The van der Waals surface area contributed by atoms with E-state index in [-0.39, 0.29) is 0 Å². The summed E-state index contributed by atoms with van der Waals surface area (Å²) in [6.45, 7) is 2.19. The van der Waals surface area contributed by atoms with Crippen molar-refractivity contribution in [1.29, 1.82) is 0 Å². The monoisotopic (exact) mass is 199 g/mol. The number of hydrogen-bond donors (Lipinski definition) is 2. The summed E-state index contributed by atoms with van der Waals surface area (Å²) < 4.78 is 0. The molecule has 0 bridgehead atoms. The number of unbranched alkanes of at least 4 members (excludes halogenated alkanes) is 1. The minimum absolute atomic E-state index is 0.403. The van der Waals surface area contributed by atoms with Crippen molar-refractivity contribution >= 4 is 11.3 Å². The van der Waals surface area contributed by atoms with Gasteiger partial charge in [-0.05, 0) is 6.42 Å². The van der Waals surface area contributed by atoms with Gasteiger partial charge in [0.25, 0.3) is 0 Å². The maximum absolute atomic E-state index is 5.46. The highest BCUT2D eigenvalue weighted by Gasteiger charge is 2.07. The third kappa shape index (κ3) is 3.85. The highest BCUT2D eigenvalue weighted by atomic mass is 32.1. The minimum atomic E-state index is 0.403. The molecule has 0 spiro atoms. The molecule has 3 nitrogen and oxygen atoms in total. The number of hydrogen-bond acceptors (Lipinski definition) is 4. The van der Waals surface area contributed by atoms with Gasteiger partial charge in [-0.2, -0.15) is 0 Å². The summed E-state index contributed by atoms with van der Waals surface area (Å²) in [6, 6.07) is 0.403. The maximum Gasteiger partial charge on any atom is 0.0794 e. The Hall–Kier alpha value is -0.450. The molecule has 13 heavy (non-hydrogen) atoms. The molecule has 0 amide bonds. The highest BCUT2D eigenvalue weighted by molar-refractivity contribution is 7.09. The SMILES string of the molecule is CCCCC(Cc1cncs1)NN. The molecule has 4 heteroatoms. The van der Waals surface area contributed by atoms with E-state index in [1.165, 1.54) is 17.7 Å². The third-order valence-electron chi connectivity index (χ3n) is 2.07. The molecule has 0 aliphatic carbocycles. The fourth-order valence-electron chi connectivity index (χ4n) is 1.28. The molecule has 0 radical (unpaired) electrons. The van der Waals surface area contributed by atoms with Crippen LogP contribution >= 0.6 is 11.3 Å². The fraction of sp³-hybridized carbons (Fsp3) is 0.667. The van der Waals surface area contributed by atoms with Gasteiger partial charge in [0, 0.05) is 23.5 Å². The fourth-order valence-corrected chi connectivity index (χ4v) is 1.96. The van der Waals surface area contributed by atoms with Crippen molar-refractivity contribution < 1.29 is 0 Å². The summed E-state index contributed by atoms with van der Waals surface area (Å²) in [5, 5.41) is 0. The molecular formula is C9H17N3S. The zero-order valence-electron chi connectivity index (χ0n) is 7.99. The smallest absolute Gasteiger partial charge is 0.0794 e. The Morgan fingerprint density at radius 1 is 1.69 bits per heavy atom. The van der Waals surface area contributed by atoms with Crippen LogP contribution in [0.3, 0.4) is 0 Å². The van der Waals surface area contributed by atoms with Crippen LogP contribution in [0.4, 0.5) is 0 Å². The Morgan fingerprint density at radius 3 is 3.08 bits per heavy atom.